The minimum Gasteiger partial charge on any atom is -0.491 e. The average Bonchev–Trinajstić information content (AvgIpc) is 3.19. The highest BCUT2D eigenvalue weighted by Crippen LogP contribution is 2.35. The van der Waals surface area contributed by atoms with Crippen molar-refractivity contribution >= 4 is 0 Å². The van der Waals surface area contributed by atoms with Crippen LogP contribution in [0, 0.1) is 6.92 Å². The summed E-state index contributed by atoms with van der Waals surface area (Å²) in [6, 6.07) is 5.40. The minimum absolute atomic E-state index is 0.224. The SMILES string of the molecule is Cc1nnc2n1CCN(C[C@H](O)COc1ccc3c(c1)OCO3)C2. The molecule has 8 heteroatoms. The molecule has 1 N–H and O–H groups in total. The number of nitrogens with zero attached hydrogens (tertiary/aromatic N) is 4. The lowest BCUT2D eigenvalue weighted by Crippen LogP contribution is -2.40. The number of hydrogen-bond donors (Lipinski definition) is 1. The first-order valence-electron chi connectivity index (χ1n) is 8.00. The molecule has 1 aromatic heterocycles. The molecule has 0 radical (unpaired) electrons. The summed E-state index contributed by atoms with van der Waals surface area (Å²) >= 11 is 0. The summed E-state index contributed by atoms with van der Waals surface area (Å²) in [5.74, 6) is 3.94. The number of aromatic nitrogens is 3. The molecular formula is C16H20N4O4. The first kappa shape index (κ1) is 15.2. The van der Waals surface area contributed by atoms with Gasteiger partial charge in [0.25, 0.3) is 0 Å². The van der Waals surface area contributed by atoms with Crippen molar-refractivity contribution in [3.63, 3.8) is 0 Å². The molecule has 0 bridgehead atoms. The quantitative estimate of drug-likeness (QED) is 0.857. The van der Waals surface area contributed by atoms with Crippen LogP contribution in [0.25, 0.3) is 0 Å². The van der Waals surface area contributed by atoms with E-state index in [1.807, 2.05) is 19.1 Å². The van der Waals surface area contributed by atoms with Gasteiger partial charge in [-0.15, -0.1) is 10.2 Å². The largest absolute Gasteiger partial charge is 0.491 e. The summed E-state index contributed by atoms with van der Waals surface area (Å²) in [5.41, 5.74) is 0. The summed E-state index contributed by atoms with van der Waals surface area (Å²) in [5, 5.41) is 18.5. The average molecular weight is 332 g/mol. The predicted octanol–water partition coefficient (Wildman–Crippen LogP) is 0.571. The lowest BCUT2D eigenvalue weighted by Gasteiger charge is -2.29. The van der Waals surface area contributed by atoms with E-state index < -0.39 is 6.10 Å². The van der Waals surface area contributed by atoms with Gasteiger partial charge in [0, 0.05) is 25.7 Å². The molecule has 0 saturated heterocycles. The Bertz CT molecular complexity index is 733. The van der Waals surface area contributed by atoms with Gasteiger partial charge in [0.05, 0.1) is 6.54 Å². The van der Waals surface area contributed by atoms with Crippen LogP contribution in [-0.4, -0.2) is 57.4 Å². The number of hydrogen-bond acceptors (Lipinski definition) is 7. The van der Waals surface area contributed by atoms with Crippen LogP contribution in [0.3, 0.4) is 0 Å². The highest BCUT2D eigenvalue weighted by atomic mass is 16.7. The molecule has 1 aromatic carbocycles. The molecule has 4 rings (SSSR count). The number of β-amino-alcohol motifs (C(OH)–C–C–N with tert-alkyl or cyclic N) is 1. The molecule has 0 fully saturated rings. The van der Waals surface area contributed by atoms with Crippen molar-refractivity contribution < 1.29 is 19.3 Å². The maximum absolute atomic E-state index is 10.2. The Labute approximate surface area is 139 Å². The van der Waals surface area contributed by atoms with E-state index in [1.54, 1.807) is 6.07 Å². The fourth-order valence-electron chi connectivity index (χ4n) is 3.02. The van der Waals surface area contributed by atoms with Crippen LogP contribution >= 0.6 is 0 Å². The molecule has 3 heterocycles. The number of aliphatic hydroxyl groups is 1. The van der Waals surface area contributed by atoms with Gasteiger partial charge in [-0.3, -0.25) is 4.90 Å². The molecule has 2 aromatic rings. The van der Waals surface area contributed by atoms with Gasteiger partial charge in [-0.05, 0) is 19.1 Å². The second kappa shape index (κ2) is 6.29. The summed E-state index contributed by atoms with van der Waals surface area (Å²) in [7, 11) is 0. The third-order valence-corrected chi connectivity index (χ3v) is 4.27. The molecule has 0 aliphatic carbocycles. The Kier molecular flexibility index (Phi) is 3.99. The van der Waals surface area contributed by atoms with Crippen molar-refractivity contribution in [1.29, 1.82) is 0 Å². The molecule has 128 valence electrons. The van der Waals surface area contributed by atoms with Gasteiger partial charge >= 0.3 is 0 Å². The maximum Gasteiger partial charge on any atom is 0.231 e. The Morgan fingerprint density at radius 3 is 3.04 bits per heavy atom. The molecule has 0 spiro atoms. The zero-order valence-electron chi connectivity index (χ0n) is 13.5. The van der Waals surface area contributed by atoms with Gasteiger partial charge in [0.15, 0.2) is 11.5 Å². The van der Waals surface area contributed by atoms with E-state index in [9.17, 15) is 5.11 Å². The van der Waals surface area contributed by atoms with Crippen LogP contribution in [-0.2, 0) is 13.1 Å². The van der Waals surface area contributed by atoms with Gasteiger partial charge in [0.2, 0.25) is 6.79 Å². The Morgan fingerprint density at radius 1 is 1.25 bits per heavy atom. The Hall–Kier alpha value is -2.32. The summed E-state index contributed by atoms with van der Waals surface area (Å²) < 4.78 is 18.4. The van der Waals surface area contributed by atoms with E-state index in [4.69, 9.17) is 14.2 Å². The van der Waals surface area contributed by atoms with E-state index in [1.165, 1.54) is 0 Å². The van der Waals surface area contributed by atoms with Crippen LogP contribution in [0.15, 0.2) is 18.2 Å². The van der Waals surface area contributed by atoms with E-state index >= 15 is 0 Å². The highest BCUT2D eigenvalue weighted by molar-refractivity contribution is 5.46. The number of aryl methyl sites for hydroxylation is 1. The van der Waals surface area contributed by atoms with Crippen molar-refractivity contribution in [2.24, 2.45) is 0 Å². The zero-order chi connectivity index (χ0) is 16.5. The van der Waals surface area contributed by atoms with Gasteiger partial charge < -0.3 is 23.9 Å². The summed E-state index contributed by atoms with van der Waals surface area (Å²) in [6.45, 7) is 5.37. The molecule has 0 amide bonds. The molecule has 2 aliphatic heterocycles. The van der Waals surface area contributed by atoms with Crippen LogP contribution in [0.5, 0.6) is 17.2 Å². The number of benzene rings is 1. The summed E-state index contributed by atoms with van der Waals surface area (Å²) in [4.78, 5) is 2.16. The van der Waals surface area contributed by atoms with Crippen molar-refractivity contribution in [3.05, 3.63) is 29.8 Å². The predicted molar refractivity (Wildman–Crippen MR) is 84.1 cm³/mol. The van der Waals surface area contributed by atoms with Crippen LogP contribution in [0.1, 0.15) is 11.6 Å². The van der Waals surface area contributed by atoms with Crippen LogP contribution in [0.4, 0.5) is 0 Å². The van der Waals surface area contributed by atoms with Gasteiger partial charge in [-0.1, -0.05) is 0 Å². The molecule has 2 aliphatic rings. The Balaban J connectivity index is 1.29. The van der Waals surface area contributed by atoms with Crippen LogP contribution < -0.4 is 14.2 Å². The number of aliphatic hydroxyl groups excluding tert-OH is 1. The first-order valence-corrected chi connectivity index (χ1v) is 8.00. The van der Waals surface area contributed by atoms with Crippen LogP contribution in [0.2, 0.25) is 0 Å². The standard InChI is InChI=1S/C16H20N4O4/c1-11-17-18-16-8-19(4-5-20(11)16)7-12(21)9-22-13-2-3-14-15(6-13)24-10-23-14/h2-3,6,12,21H,4-5,7-10H2,1H3/t12-/m0/s1. The van der Waals surface area contributed by atoms with Crippen molar-refractivity contribution in [3.8, 4) is 17.2 Å². The lowest BCUT2D eigenvalue weighted by atomic mass is 10.2. The highest BCUT2D eigenvalue weighted by Gasteiger charge is 2.22. The lowest BCUT2D eigenvalue weighted by molar-refractivity contribution is 0.0581. The minimum atomic E-state index is -0.578. The first-order chi connectivity index (χ1) is 11.7. The Morgan fingerprint density at radius 2 is 2.12 bits per heavy atom. The van der Waals surface area contributed by atoms with E-state index in [2.05, 4.69) is 19.7 Å². The third-order valence-electron chi connectivity index (χ3n) is 4.27. The van der Waals surface area contributed by atoms with Crippen molar-refractivity contribution in [2.75, 3.05) is 26.5 Å². The van der Waals surface area contributed by atoms with Crippen molar-refractivity contribution in [2.45, 2.75) is 26.1 Å². The second-order valence-corrected chi connectivity index (χ2v) is 6.03. The molecule has 24 heavy (non-hydrogen) atoms. The molecule has 1 atom stereocenters. The number of rotatable bonds is 5. The topological polar surface area (TPSA) is 81.9 Å². The van der Waals surface area contributed by atoms with Gasteiger partial charge in [0.1, 0.15) is 30.1 Å². The maximum atomic E-state index is 10.2. The monoisotopic (exact) mass is 332 g/mol. The summed E-state index contributed by atoms with van der Waals surface area (Å²) in [6.07, 6.45) is -0.578. The smallest absolute Gasteiger partial charge is 0.231 e. The fraction of sp³-hybridized carbons (Fsp3) is 0.500. The van der Waals surface area contributed by atoms with E-state index in [0.29, 0.717) is 24.6 Å². The molecule has 0 saturated carbocycles. The van der Waals surface area contributed by atoms with Gasteiger partial charge in [-0.2, -0.15) is 0 Å². The molecular weight excluding hydrogens is 312 g/mol. The zero-order valence-corrected chi connectivity index (χ0v) is 13.5. The van der Waals surface area contributed by atoms with E-state index in [-0.39, 0.29) is 13.4 Å². The van der Waals surface area contributed by atoms with Crippen molar-refractivity contribution in [1.82, 2.24) is 19.7 Å². The van der Waals surface area contributed by atoms with E-state index in [0.717, 1.165) is 30.5 Å². The third kappa shape index (κ3) is 3.02. The molecule has 8 nitrogen and oxygen atoms in total. The number of ether oxygens (including phenoxy) is 3. The second-order valence-electron chi connectivity index (χ2n) is 6.03. The molecule has 0 unspecified atom stereocenters. The normalized spacial score (nSPS) is 17.6. The number of fused-ring (bicyclic) bond motifs is 2. The fourth-order valence-corrected chi connectivity index (χ4v) is 3.02. The van der Waals surface area contributed by atoms with Gasteiger partial charge in [-0.25, -0.2) is 0 Å².